The molecule has 4 heteroatoms. The second kappa shape index (κ2) is 6.89. The minimum Gasteiger partial charge on any atom is -0.338 e. The van der Waals surface area contributed by atoms with Crippen molar-refractivity contribution in [2.24, 2.45) is 4.99 Å². The second-order valence-electron chi connectivity index (χ2n) is 5.33. The molecule has 0 radical (unpaired) electrons. The Morgan fingerprint density at radius 2 is 1.59 bits per heavy atom. The van der Waals surface area contributed by atoms with Gasteiger partial charge in [0.2, 0.25) is 11.9 Å². The number of guanidine groups is 1. The topological polar surface area (TPSA) is 44.7 Å². The minimum absolute atomic E-state index is 0.0381. The largest absolute Gasteiger partial charge is 0.338 e. The zero-order chi connectivity index (χ0) is 15.2. The summed E-state index contributed by atoms with van der Waals surface area (Å²) < 4.78 is 0. The highest BCUT2D eigenvalue weighted by Crippen LogP contribution is 2.10. The monoisotopic (exact) mass is 293 g/mol. The van der Waals surface area contributed by atoms with E-state index in [0.29, 0.717) is 25.5 Å². The maximum Gasteiger partial charge on any atom is 0.228 e. The molecule has 1 heterocycles. The number of hydrogen-bond acceptors (Lipinski definition) is 2. The van der Waals surface area contributed by atoms with E-state index in [4.69, 9.17) is 0 Å². The molecule has 3 rings (SSSR count). The van der Waals surface area contributed by atoms with Crippen LogP contribution in [0.15, 0.2) is 65.7 Å². The van der Waals surface area contributed by atoms with Gasteiger partial charge >= 0.3 is 0 Å². The number of nitrogens with zero attached hydrogens (tertiary/aromatic N) is 2. The number of rotatable bonds is 4. The molecule has 0 aromatic heterocycles. The van der Waals surface area contributed by atoms with Gasteiger partial charge in [-0.3, -0.25) is 10.1 Å². The summed E-state index contributed by atoms with van der Waals surface area (Å²) in [4.78, 5) is 18.4. The van der Waals surface area contributed by atoms with Crippen LogP contribution in [0.3, 0.4) is 0 Å². The third-order valence-electron chi connectivity index (χ3n) is 3.63. The van der Waals surface area contributed by atoms with Crippen molar-refractivity contribution in [3.8, 4) is 0 Å². The first kappa shape index (κ1) is 14.3. The maximum atomic E-state index is 11.7. The first-order chi connectivity index (χ1) is 10.8. The van der Waals surface area contributed by atoms with Crippen LogP contribution in [0.1, 0.15) is 17.5 Å². The zero-order valence-corrected chi connectivity index (χ0v) is 12.4. The molecule has 0 bridgehead atoms. The van der Waals surface area contributed by atoms with Crippen LogP contribution in [0.4, 0.5) is 0 Å². The molecule has 22 heavy (non-hydrogen) atoms. The summed E-state index contributed by atoms with van der Waals surface area (Å²) in [5, 5.41) is 2.89. The number of carbonyl (C=O) groups excluding carboxylic acids is 1. The smallest absolute Gasteiger partial charge is 0.228 e. The van der Waals surface area contributed by atoms with Gasteiger partial charge in [0.05, 0.1) is 6.54 Å². The summed E-state index contributed by atoms with van der Waals surface area (Å²) in [5.74, 6) is 0.708. The van der Waals surface area contributed by atoms with E-state index in [2.05, 4.69) is 27.3 Å². The number of carbonyl (C=O) groups is 1. The van der Waals surface area contributed by atoms with Crippen molar-refractivity contribution in [1.29, 1.82) is 0 Å². The van der Waals surface area contributed by atoms with Crippen LogP contribution in [0.5, 0.6) is 0 Å². The molecule has 0 spiro atoms. The highest BCUT2D eigenvalue weighted by Gasteiger charge is 2.21. The quantitative estimate of drug-likeness (QED) is 0.941. The molecule has 1 saturated heterocycles. The summed E-state index contributed by atoms with van der Waals surface area (Å²) in [5.41, 5.74) is 2.35. The van der Waals surface area contributed by atoms with Gasteiger partial charge in [-0.05, 0) is 11.1 Å². The van der Waals surface area contributed by atoms with E-state index in [-0.39, 0.29) is 5.91 Å². The van der Waals surface area contributed by atoms with Gasteiger partial charge in [0.25, 0.3) is 0 Å². The standard InChI is InChI=1S/C18H19N3O/c22-17-11-12-21(14-16-9-5-2-6-10-16)18(20-17)19-13-15-7-3-1-4-8-15/h1-10H,11-14H2,(H,19,20,22). The van der Waals surface area contributed by atoms with Crippen LogP contribution in [0.2, 0.25) is 0 Å². The third-order valence-corrected chi connectivity index (χ3v) is 3.63. The predicted octanol–water partition coefficient (Wildman–Crippen LogP) is 2.56. The molecule has 0 atom stereocenters. The fraction of sp³-hybridized carbons (Fsp3) is 0.222. The van der Waals surface area contributed by atoms with Gasteiger partial charge in [0.1, 0.15) is 0 Å². The number of hydrogen-bond donors (Lipinski definition) is 1. The first-order valence-electron chi connectivity index (χ1n) is 7.48. The Bertz CT molecular complexity index is 653. The molecule has 0 saturated carbocycles. The normalized spacial score (nSPS) is 16.6. The number of amides is 1. The minimum atomic E-state index is 0.0381. The highest BCUT2D eigenvalue weighted by molar-refractivity contribution is 5.99. The lowest BCUT2D eigenvalue weighted by Gasteiger charge is -2.30. The molecule has 1 N–H and O–H groups in total. The van der Waals surface area contributed by atoms with Crippen molar-refractivity contribution in [3.63, 3.8) is 0 Å². The Balaban J connectivity index is 1.74. The van der Waals surface area contributed by atoms with E-state index in [1.54, 1.807) is 0 Å². The average Bonchev–Trinajstić information content (AvgIpc) is 2.57. The van der Waals surface area contributed by atoms with Gasteiger partial charge in [-0.15, -0.1) is 0 Å². The molecule has 4 nitrogen and oxygen atoms in total. The van der Waals surface area contributed by atoms with E-state index in [0.717, 1.165) is 12.1 Å². The van der Waals surface area contributed by atoms with E-state index < -0.39 is 0 Å². The first-order valence-corrected chi connectivity index (χ1v) is 7.48. The lowest BCUT2D eigenvalue weighted by molar-refractivity contribution is -0.120. The van der Waals surface area contributed by atoms with E-state index in [9.17, 15) is 4.79 Å². The molecule has 0 unspecified atom stereocenters. The molecular weight excluding hydrogens is 274 g/mol. The Kier molecular flexibility index (Phi) is 4.49. The van der Waals surface area contributed by atoms with Crippen LogP contribution < -0.4 is 5.32 Å². The van der Waals surface area contributed by atoms with Crippen LogP contribution in [-0.4, -0.2) is 23.3 Å². The number of aliphatic imine (C=N–C) groups is 1. The molecule has 1 amide bonds. The van der Waals surface area contributed by atoms with Gasteiger partial charge in [-0.1, -0.05) is 60.7 Å². The summed E-state index contributed by atoms with van der Waals surface area (Å²) >= 11 is 0. The van der Waals surface area contributed by atoms with Crippen molar-refractivity contribution in [3.05, 3.63) is 71.8 Å². The molecule has 2 aromatic carbocycles. The fourth-order valence-corrected chi connectivity index (χ4v) is 2.46. The SMILES string of the molecule is O=C1CCN(Cc2ccccc2)C(=NCc2ccccc2)N1. The Labute approximate surface area is 130 Å². The van der Waals surface area contributed by atoms with Crippen molar-refractivity contribution in [1.82, 2.24) is 10.2 Å². The summed E-state index contributed by atoms with van der Waals surface area (Å²) in [7, 11) is 0. The van der Waals surface area contributed by atoms with E-state index in [1.807, 2.05) is 48.5 Å². The zero-order valence-electron chi connectivity index (χ0n) is 12.4. The molecule has 2 aromatic rings. The molecule has 1 aliphatic heterocycles. The van der Waals surface area contributed by atoms with Gasteiger partial charge in [0, 0.05) is 19.5 Å². The van der Waals surface area contributed by atoms with Gasteiger partial charge < -0.3 is 4.90 Å². The van der Waals surface area contributed by atoms with Gasteiger partial charge in [-0.2, -0.15) is 0 Å². The summed E-state index contributed by atoms with van der Waals surface area (Å²) in [6.45, 7) is 2.03. The van der Waals surface area contributed by atoms with Gasteiger partial charge in [0.15, 0.2) is 0 Å². The Morgan fingerprint density at radius 1 is 0.955 bits per heavy atom. The Hall–Kier alpha value is -2.62. The highest BCUT2D eigenvalue weighted by atomic mass is 16.2. The summed E-state index contributed by atoms with van der Waals surface area (Å²) in [6, 6.07) is 20.3. The lowest BCUT2D eigenvalue weighted by atomic mass is 10.2. The lowest BCUT2D eigenvalue weighted by Crippen LogP contribution is -2.50. The summed E-state index contributed by atoms with van der Waals surface area (Å²) in [6.07, 6.45) is 0.511. The second-order valence-corrected chi connectivity index (χ2v) is 5.33. The van der Waals surface area contributed by atoms with Crippen molar-refractivity contribution >= 4 is 11.9 Å². The fourth-order valence-electron chi connectivity index (χ4n) is 2.46. The van der Waals surface area contributed by atoms with Crippen LogP contribution in [0.25, 0.3) is 0 Å². The average molecular weight is 293 g/mol. The van der Waals surface area contributed by atoms with Crippen molar-refractivity contribution in [2.75, 3.05) is 6.54 Å². The van der Waals surface area contributed by atoms with Crippen LogP contribution >= 0.6 is 0 Å². The number of benzene rings is 2. The van der Waals surface area contributed by atoms with Gasteiger partial charge in [-0.25, -0.2) is 4.99 Å². The van der Waals surface area contributed by atoms with Crippen LogP contribution in [-0.2, 0) is 17.9 Å². The van der Waals surface area contributed by atoms with Crippen molar-refractivity contribution < 1.29 is 4.79 Å². The molecule has 0 aliphatic carbocycles. The predicted molar refractivity (Wildman–Crippen MR) is 87.2 cm³/mol. The Morgan fingerprint density at radius 3 is 2.27 bits per heavy atom. The van der Waals surface area contributed by atoms with Crippen molar-refractivity contribution in [2.45, 2.75) is 19.5 Å². The van der Waals surface area contributed by atoms with E-state index >= 15 is 0 Å². The maximum absolute atomic E-state index is 11.7. The molecule has 112 valence electrons. The molecule has 1 aliphatic rings. The molecule has 1 fully saturated rings. The number of nitrogens with one attached hydrogen (secondary N) is 1. The van der Waals surface area contributed by atoms with E-state index in [1.165, 1.54) is 5.56 Å². The third kappa shape index (κ3) is 3.73. The van der Waals surface area contributed by atoms with Crippen LogP contribution in [0, 0.1) is 0 Å². The molecular formula is C18H19N3O.